The third-order valence-electron chi connectivity index (χ3n) is 5.68. The molecule has 2 aromatic rings. The van der Waals surface area contributed by atoms with Crippen LogP contribution in [0.5, 0.6) is 0 Å². The summed E-state index contributed by atoms with van der Waals surface area (Å²) < 4.78 is 0. The second-order valence-corrected chi connectivity index (χ2v) is 9.45. The van der Waals surface area contributed by atoms with Crippen LogP contribution in [0, 0.1) is 19.8 Å². The van der Waals surface area contributed by atoms with E-state index in [1.54, 1.807) is 0 Å². The van der Waals surface area contributed by atoms with Gasteiger partial charge < -0.3 is 15.5 Å². The Morgan fingerprint density at radius 1 is 1.13 bits per heavy atom. The Kier molecular flexibility index (Phi) is 6.75. The molecule has 2 amide bonds. The van der Waals surface area contributed by atoms with Crippen LogP contribution in [-0.2, 0) is 9.59 Å². The molecule has 8 heteroatoms. The van der Waals surface area contributed by atoms with Gasteiger partial charge >= 0.3 is 0 Å². The van der Waals surface area contributed by atoms with Crippen LogP contribution < -0.4 is 15.5 Å². The van der Waals surface area contributed by atoms with E-state index in [0.29, 0.717) is 17.6 Å². The Balaban J connectivity index is 1.28. The van der Waals surface area contributed by atoms with Crippen molar-refractivity contribution in [1.82, 2.24) is 15.5 Å². The SMILES string of the molecule is Cc1ccc(C)c(NC(=O)CSc2ccc(N3CCC[C@@H](C(=O)NC4CC4)C3)nn2)c1. The van der Waals surface area contributed by atoms with Gasteiger partial charge in [-0.1, -0.05) is 23.9 Å². The van der Waals surface area contributed by atoms with Gasteiger partial charge in [0.15, 0.2) is 5.82 Å². The molecule has 31 heavy (non-hydrogen) atoms. The van der Waals surface area contributed by atoms with Crippen molar-refractivity contribution >= 4 is 35.1 Å². The van der Waals surface area contributed by atoms with Crippen molar-refractivity contribution in [3.05, 3.63) is 41.5 Å². The first kappa shape index (κ1) is 21.6. The lowest BCUT2D eigenvalue weighted by atomic mass is 9.97. The molecule has 4 rings (SSSR count). The number of rotatable bonds is 7. The summed E-state index contributed by atoms with van der Waals surface area (Å²) in [4.78, 5) is 26.8. The minimum Gasteiger partial charge on any atom is -0.354 e. The highest BCUT2D eigenvalue weighted by Gasteiger charge is 2.30. The summed E-state index contributed by atoms with van der Waals surface area (Å²) >= 11 is 1.36. The second-order valence-electron chi connectivity index (χ2n) is 8.45. The fraction of sp³-hybridized carbons (Fsp3) is 0.478. The summed E-state index contributed by atoms with van der Waals surface area (Å²) in [7, 11) is 0. The minimum absolute atomic E-state index is 0.0129. The zero-order chi connectivity index (χ0) is 21.8. The van der Waals surface area contributed by atoms with Crippen LogP contribution in [-0.4, -0.2) is 46.9 Å². The molecule has 1 aromatic carbocycles. The highest BCUT2D eigenvalue weighted by atomic mass is 32.2. The van der Waals surface area contributed by atoms with Crippen molar-refractivity contribution in [2.45, 2.75) is 50.6 Å². The number of amides is 2. The van der Waals surface area contributed by atoms with E-state index in [-0.39, 0.29) is 23.5 Å². The molecular weight excluding hydrogens is 410 g/mol. The Bertz CT molecular complexity index is 945. The van der Waals surface area contributed by atoms with Crippen molar-refractivity contribution in [2.75, 3.05) is 29.1 Å². The van der Waals surface area contributed by atoms with Gasteiger partial charge in [-0.15, -0.1) is 10.2 Å². The summed E-state index contributed by atoms with van der Waals surface area (Å²) in [5.74, 6) is 1.17. The van der Waals surface area contributed by atoms with Gasteiger partial charge in [0.1, 0.15) is 5.03 Å². The molecule has 0 radical (unpaired) electrons. The lowest BCUT2D eigenvalue weighted by molar-refractivity contribution is -0.125. The lowest BCUT2D eigenvalue weighted by Crippen LogP contribution is -2.44. The topological polar surface area (TPSA) is 87.2 Å². The highest BCUT2D eigenvalue weighted by molar-refractivity contribution is 7.99. The maximum absolute atomic E-state index is 12.4. The number of nitrogens with one attached hydrogen (secondary N) is 2. The molecule has 2 fully saturated rings. The first-order chi connectivity index (χ1) is 15.0. The molecule has 1 aliphatic carbocycles. The number of hydrogen-bond acceptors (Lipinski definition) is 6. The third kappa shape index (κ3) is 5.97. The third-order valence-corrected chi connectivity index (χ3v) is 6.60. The van der Waals surface area contributed by atoms with E-state index in [0.717, 1.165) is 54.9 Å². The highest BCUT2D eigenvalue weighted by Crippen LogP contribution is 2.25. The van der Waals surface area contributed by atoms with E-state index in [4.69, 9.17) is 0 Å². The standard InChI is InChI=1S/C23H29N5O2S/c1-15-5-6-16(2)19(12-15)25-21(29)14-31-22-10-9-20(26-27-22)28-11-3-4-17(13-28)23(30)24-18-7-8-18/h5-6,9-10,12,17-18H,3-4,7-8,11,13-14H2,1-2H3,(H,24,30)(H,25,29)/t17-/m1/s1. The van der Waals surface area contributed by atoms with Crippen molar-refractivity contribution in [2.24, 2.45) is 5.92 Å². The van der Waals surface area contributed by atoms with Gasteiger partial charge in [-0.3, -0.25) is 9.59 Å². The molecule has 1 saturated carbocycles. The number of anilines is 2. The molecule has 2 heterocycles. The van der Waals surface area contributed by atoms with E-state index < -0.39 is 0 Å². The Morgan fingerprint density at radius 2 is 1.97 bits per heavy atom. The van der Waals surface area contributed by atoms with Crippen molar-refractivity contribution < 1.29 is 9.59 Å². The summed E-state index contributed by atoms with van der Waals surface area (Å²) in [5.41, 5.74) is 3.00. The van der Waals surface area contributed by atoms with E-state index in [9.17, 15) is 9.59 Å². The van der Waals surface area contributed by atoms with Crippen molar-refractivity contribution in [3.63, 3.8) is 0 Å². The quantitative estimate of drug-likeness (QED) is 0.644. The molecular formula is C23H29N5O2S. The van der Waals surface area contributed by atoms with Crippen LogP contribution in [0.15, 0.2) is 35.4 Å². The van der Waals surface area contributed by atoms with Gasteiger partial charge in [0.2, 0.25) is 11.8 Å². The normalized spacial score (nSPS) is 18.5. The van der Waals surface area contributed by atoms with Crippen LogP contribution in [0.2, 0.25) is 0 Å². The van der Waals surface area contributed by atoms with E-state index in [2.05, 4.69) is 25.7 Å². The average molecular weight is 440 g/mol. The molecule has 0 spiro atoms. The number of carbonyl (C=O) groups is 2. The molecule has 164 valence electrons. The van der Waals surface area contributed by atoms with Crippen LogP contribution in [0.1, 0.15) is 36.8 Å². The van der Waals surface area contributed by atoms with Gasteiger partial charge in [0, 0.05) is 24.8 Å². The van der Waals surface area contributed by atoms with Gasteiger partial charge in [-0.25, -0.2) is 0 Å². The minimum atomic E-state index is -0.0647. The fourth-order valence-electron chi connectivity index (χ4n) is 3.70. The largest absolute Gasteiger partial charge is 0.354 e. The first-order valence-electron chi connectivity index (χ1n) is 10.9. The number of nitrogens with zero attached hydrogens (tertiary/aromatic N) is 3. The number of carbonyl (C=O) groups excluding carboxylic acids is 2. The van der Waals surface area contributed by atoms with Gasteiger partial charge in [-0.05, 0) is 68.9 Å². The molecule has 1 aromatic heterocycles. The molecule has 0 unspecified atom stereocenters. The monoisotopic (exact) mass is 439 g/mol. The second kappa shape index (κ2) is 9.68. The maximum atomic E-state index is 12.4. The number of benzene rings is 1. The number of hydrogen-bond donors (Lipinski definition) is 2. The van der Waals surface area contributed by atoms with Crippen LogP contribution in [0.4, 0.5) is 11.5 Å². The average Bonchev–Trinajstić information content (AvgIpc) is 3.59. The van der Waals surface area contributed by atoms with Gasteiger partial charge in [0.05, 0.1) is 11.7 Å². The molecule has 1 atom stereocenters. The maximum Gasteiger partial charge on any atom is 0.234 e. The molecule has 7 nitrogen and oxygen atoms in total. The summed E-state index contributed by atoms with van der Waals surface area (Å²) in [6.07, 6.45) is 4.11. The zero-order valence-corrected chi connectivity index (χ0v) is 18.9. The van der Waals surface area contributed by atoms with Crippen molar-refractivity contribution in [3.8, 4) is 0 Å². The van der Waals surface area contributed by atoms with Gasteiger partial charge in [-0.2, -0.15) is 0 Å². The fourth-order valence-corrected chi connectivity index (χ4v) is 4.31. The predicted octanol–water partition coefficient (Wildman–Crippen LogP) is 3.32. The molecule has 2 aliphatic rings. The first-order valence-corrected chi connectivity index (χ1v) is 11.9. The molecule has 1 saturated heterocycles. The predicted molar refractivity (Wildman–Crippen MR) is 123 cm³/mol. The Hall–Kier alpha value is -2.61. The molecule has 1 aliphatic heterocycles. The number of aromatic nitrogens is 2. The number of piperidine rings is 1. The molecule has 0 bridgehead atoms. The Morgan fingerprint density at radius 3 is 2.71 bits per heavy atom. The van der Waals surface area contributed by atoms with E-state index >= 15 is 0 Å². The Labute approximate surface area is 187 Å². The lowest BCUT2D eigenvalue weighted by Gasteiger charge is -2.32. The number of thioether (sulfide) groups is 1. The van der Waals surface area contributed by atoms with Crippen LogP contribution in [0.25, 0.3) is 0 Å². The van der Waals surface area contributed by atoms with Crippen LogP contribution in [0.3, 0.4) is 0 Å². The smallest absolute Gasteiger partial charge is 0.234 e. The summed E-state index contributed by atoms with van der Waals surface area (Å²) in [5, 5.41) is 15.4. The summed E-state index contributed by atoms with van der Waals surface area (Å²) in [6, 6.07) is 10.2. The number of aryl methyl sites for hydroxylation is 2. The van der Waals surface area contributed by atoms with E-state index in [1.807, 2.05) is 44.2 Å². The zero-order valence-electron chi connectivity index (χ0n) is 18.1. The van der Waals surface area contributed by atoms with Crippen molar-refractivity contribution in [1.29, 1.82) is 0 Å². The molecule has 2 N–H and O–H groups in total. The van der Waals surface area contributed by atoms with Crippen LogP contribution >= 0.6 is 11.8 Å². The van der Waals surface area contributed by atoms with Gasteiger partial charge in [0.25, 0.3) is 0 Å². The van der Waals surface area contributed by atoms with E-state index in [1.165, 1.54) is 11.8 Å². The summed E-state index contributed by atoms with van der Waals surface area (Å²) in [6.45, 7) is 5.54.